The standard InChI is InChI=1S/C17H21FN4O2/c18-15-3-1-14(2-4-15)16(22-7-9-24-10-8-22)11-20-17(23)12-21-6-5-19-13-21/h1-6,13,16H,7-12H2,(H,20,23). The van der Waals surface area contributed by atoms with E-state index in [0.717, 1.165) is 18.7 Å². The maximum absolute atomic E-state index is 13.2. The summed E-state index contributed by atoms with van der Waals surface area (Å²) < 4.78 is 20.3. The topological polar surface area (TPSA) is 59.4 Å². The van der Waals surface area contributed by atoms with Gasteiger partial charge < -0.3 is 14.6 Å². The van der Waals surface area contributed by atoms with Gasteiger partial charge in [-0.05, 0) is 17.7 Å². The predicted molar refractivity (Wildman–Crippen MR) is 86.8 cm³/mol. The van der Waals surface area contributed by atoms with E-state index in [1.165, 1.54) is 12.1 Å². The number of nitrogens with one attached hydrogen (secondary N) is 1. The Labute approximate surface area is 140 Å². The highest BCUT2D eigenvalue weighted by molar-refractivity contribution is 5.75. The number of hydrogen-bond acceptors (Lipinski definition) is 4. The lowest BCUT2D eigenvalue weighted by molar-refractivity contribution is -0.122. The van der Waals surface area contributed by atoms with Crippen LogP contribution in [0.5, 0.6) is 0 Å². The number of imidazole rings is 1. The van der Waals surface area contributed by atoms with Crippen LogP contribution in [0.4, 0.5) is 4.39 Å². The lowest BCUT2D eigenvalue weighted by Gasteiger charge is -2.35. The first-order valence-electron chi connectivity index (χ1n) is 8.02. The molecule has 6 nitrogen and oxygen atoms in total. The van der Waals surface area contributed by atoms with Crippen LogP contribution in [-0.4, -0.2) is 53.2 Å². The Kier molecular flexibility index (Phi) is 5.55. The summed E-state index contributed by atoms with van der Waals surface area (Å²) >= 11 is 0. The van der Waals surface area contributed by atoms with Gasteiger partial charge in [-0.2, -0.15) is 0 Å². The molecule has 24 heavy (non-hydrogen) atoms. The minimum absolute atomic E-state index is 0.00115. The number of benzene rings is 1. The van der Waals surface area contributed by atoms with Crippen molar-refractivity contribution >= 4 is 5.91 Å². The second kappa shape index (κ2) is 8.03. The van der Waals surface area contributed by atoms with Crippen molar-refractivity contribution in [3.8, 4) is 0 Å². The number of aromatic nitrogens is 2. The highest BCUT2D eigenvalue weighted by Crippen LogP contribution is 2.21. The van der Waals surface area contributed by atoms with Crippen LogP contribution in [0.15, 0.2) is 43.0 Å². The molecule has 7 heteroatoms. The summed E-state index contributed by atoms with van der Waals surface area (Å²) in [6.07, 6.45) is 5.00. The summed E-state index contributed by atoms with van der Waals surface area (Å²) in [7, 11) is 0. The summed E-state index contributed by atoms with van der Waals surface area (Å²) in [6, 6.07) is 6.46. The van der Waals surface area contributed by atoms with E-state index in [1.54, 1.807) is 35.4 Å². The van der Waals surface area contributed by atoms with E-state index in [9.17, 15) is 9.18 Å². The molecule has 0 saturated carbocycles. The molecule has 1 amide bonds. The van der Waals surface area contributed by atoms with Gasteiger partial charge in [0.1, 0.15) is 12.4 Å². The van der Waals surface area contributed by atoms with Crippen LogP contribution in [-0.2, 0) is 16.1 Å². The molecule has 3 rings (SSSR count). The summed E-state index contributed by atoms with van der Waals surface area (Å²) in [5.74, 6) is -0.336. The monoisotopic (exact) mass is 332 g/mol. The molecule has 1 saturated heterocycles. The van der Waals surface area contributed by atoms with Crippen LogP contribution in [0.25, 0.3) is 0 Å². The number of rotatable bonds is 6. The van der Waals surface area contributed by atoms with E-state index < -0.39 is 0 Å². The van der Waals surface area contributed by atoms with Crippen LogP contribution in [0.2, 0.25) is 0 Å². The number of hydrogen-bond donors (Lipinski definition) is 1. The first-order valence-corrected chi connectivity index (χ1v) is 8.02. The maximum atomic E-state index is 13.2. The van der Waals surface area contributed by atoms with Gasteiger partial charge in [-0.25, -0.2) is 9.37 Å². The second-order valence-electron chi connectivity index (χ2n) is 5.75. The van der Waals surface area contributed by atoms with Crippen LogP contribution in [0, 0.1) is 5.82 Å². The largest absolute Gasteiger partial charge is 0.379 e. The molecule has 2 aromatic rings. The third-order valence-electron chi connectivity index (χ3n) is 4.12. The first-order chi connectivity index (χ1) is 11.7. The molecule has 0 radical (unpaired) electrons. The summed E-state index contributed by atoms with van der Waals surface area (Å²) in [4.78, 5) is 18.3. The van der Waals surface area contributed by atoms with Crippen LogP contribution in [0.1, 0.15) is 11.6 Å². The number of carbonyl (C=O) groups is 1. The van der Waals surface area contributed by atoms with Gasteiger partial charge in [0.15, 0.2) is 0 Å². The van der Waals surface area contributed by atoms with E-state index >= 15 is 0 Å². The number of carbonyl (C=O) groups excluding carboxylic acids is 1. The SMILES string of the molecule is O=C(Cn1ccnc1)NCC(c1ccc(F)cc1)N1CCOCC1. The van der Waals surface area contributed by atoms with Crippen molar-refractivity contribution in [3.63, 3.8) is 0 Å². The molecule has 0 bridgehead atoms. The van der Waals surface area contributed by atoms with Gasteiger partial charge in [0.25, 0.3) is 0 Å². The Hall–Kier alpha value is -2.25. The number of ether oxygens (including phenoxy) is 1. The highest BCUT2D eigenvalue weighted by Gasteiger charge is 2.23. The Bertz CT molecular complexity index is 639. The van der Waals surface area contributed by atoms with Crippen LogP contribution in [0.3, 0.4) is 0 Å². The average Bonchev–Trinajstić information content (AvgIpc) is 3.10. The molecule has 1 aliphatic heterocycles. The first kappa shape index (κ1) is 16.6. The molecule has 2 heterocycles. The van der Waals surface area contributed by atoms with E-state index in [-0.39, 0.29) is 24.3 Å². The highest BCUT2D eigenvalue weighted by atomic mass is 19.1. The van der Waals surface area contributed by atoms with Gasteiger partial charge in [0.2, 0.25) is 5.91 Å². The van der Waals surface area contributed by atoms with Crippen molar-refractivity contribution < 1.29 is 13.9 Å². The van der Waals surface area contributed by atoms with Crippen molar-refractivity contribution in [2.24, 2.45) is 0 Å². The summed E-state index contributed by atoms with van der Waals surface area (Å²) in [5.41, 5.74) is 0.987. The molecular formula is C17H21FN4O2. The fourth-order valence-electron chi connectivity index (χ4n) is 2.84. The van der Waals surface area contributed by atoms with Gasteiger partial charge >= 0.3 is 0 Å². The molecule has 1 atom stereocenters. The fraction of sp³-hybridized carbons (Fsp3) is 0.412. The second-order valence-corrected chi connectivity index (χ2v) is 5.75. The zero-order chi connectivity index (χ0) is 16.8. The smallest absolute Gasteiger partial charge is 0.240 e. The third-order valence-corrected chi connectivity index (χ3v) is 4.12. The normalized spacial score (nSPS) is 16.7. The third kappa shape index (κ3) is 4.39. The quantitative estimate of drug-likeness (QED) is 0.864. The van der Waals surface area contributed by atoms with Gasteiger partial charge in [0.05, 0.1) is 25.6 Å². The minimum Gasteiger partial charge on any atom is -0.379 e. The Balaban J connectivity index is 1.65. The predicted octanol–water partition coefficient (Wildman–Crippen LogP) is 1.21. The zero-order valence-electron chi connectivity index (χ0n) is 13.4. The molecule has 0 spiro atoms. The molecule has 1 aromatic carbocycles. The molecular weight excluding hydrogens is 311 g/mol. The van der Waals surface area contributed by atoms with Crippen molar-refractivity contribution in [1.82, 2.24) is 19.8 Å². The Morgan fingerprint density at radius 3 is 2.71 bits per heavy atom. The molecule has 1 unspecified atom stereocenters. The summed E-state index contributed by atoms with van der Waals surface area (Å²) in [6.45, 7) is 3.62. The van der Waals surface area contributed by atoms with Crippen molar-refractivity contribution in [3.05, 3.63) is 54.4 Å². The zero-order valence-corrected chi connectivity index (χ0v) is 13.4. The Morgan fingerprint density at radius 1 is 1.29 bits per heavy atom. The van der Waals surface area contributed by atoms with Crippen molar-refractivity contribution in [1.29, 1.82) is 0 Å². The van der Waals surface area contributed by atoms with Crippen LogP contribution >= 0.6 is 0 Å². The van der Waals surface area contributed by atoms with Crippen molar-refractivity contribution in [2.75, 3.05) is 32.8 Å². The number of nitrogens with zero attached hydrogens (tertiary/aromatic N) is 3. The fourth-order valence-corrected chi connectivity index (χ4v) is 2.84. The molecule has 0 aliphatic carbocycles. The molecule has 128 valence electrons. The minimum atomic E-state index is -0.261. The summed E-state index contributed by atoms with van der Waals surface area (Å²) in [5, 5.41) is 2.97. The molecule has 1 aromatic heterocycles. The van der Waals surface area contributed by atoms with Gasteiger partial charge in [-0.1, -0.05) is 12.1 Å². The molecule has 1 fully saturated rings. The van der Waals surface area contributed by atoms with Gasteiger partial charge in [-0.15, -0.1) is 0 Å². The van der Waals surface area contributed by atoms with E-state index in [4.69, 9.17) is 4.74 Å². The van der Waals surface area contributed by atoms with Crippen molar-refractivity contribution in [2.45, 2.75) is 12.6 Å². The van der Waals surface area contributed by atoms with Gasteiger partial charge in [0, 0.05) is 32.0 Å². The van der Waals surface area contributed by atoms with E-state index in [0.29, 0.717) is 19.8 Å². The lowest BCUT2D eigenvalue weighted by atomic mass is 10.0. The van der Waals surface area contributed by atoms with Crippen LogP contribution < -0.4 is 5.32 Å². The van der Waals surface area contributed by atoms with E-state index in [2.05, 4.69) is 15.2 Å². The number of halogens is 1. The average molecular weight is 332 g/mol. The van der Waals surface area contributed by atoms with E-state index in [1.807, 2.05) is 0 Å². The maximum Gasteiger partial charge on any atom is 0.240 e. The Morgan fingerprint density at radius 2 is 2.04 bits per heavy atom. The molecule has 1 aliphatic rings. The molecule has 1 N–H and O–H groups in total. The number of morpholine rings is 1. The van der Waals surface area contributed by atoms with Gasteiger partial charge in [-0.3, -0.25) is 9.69 Å². The lowest BCUT2D eigenvalue weighted by Crippen LogP contribution is -2.44. The number of amides is 1.